The van der Waals surface area contributed by atoms with Gasteiger partial charge in [0.05, 0.1) is 17.8 Å². The summed E-state index contributed by atoms with van der Waals surface area (Å²) in [7, 11) is 1.60. The van der Waals surface area contributed by atoms with Gasteiger partial charge in [-0.05, 0) is 30.2 Å². The second kappa shape index (κ2) is 5.59. The predicted octanol–water partition coefficient (Wildman–Crippen LogP) is 3.54. The van der Waals surface area contributed by atoms with Crippen molar-refractivity contribution in [1.82, 2.24) is 14.8 Å². The molecule has 0 unspecified atom stereocenters. The molecule has 0 saturated carbocycles. The van der Waals surface area contributed by atoms with Crippen molar-refractivity contribution in [3.63, 3.8) is 0 Å². The van der Waals surface area contributed by atoms with Gasteiger partial charge >= 0.3 is 0 Å². The fourth-order valence-corrected chi connectivity index (χ4v) is 2.14. The molecule has 0 aliphatic heterocycles. The highest BCUT2D eigenvalue weighted by Crippen LogP contribution is 2.28. The van der Waals surface area contributed by atoms with E-state index >= 15 is 0 Å². The lowest BCUT2D eigenvalue weighted by Gasteiger charge is -2.10. The highest BCUT2D eigenvalue weighted by atomic mass is 35.5. The third-order valence-electron chi connectivity index (χ3n) is 2.56. The van der Waals surface area contributed by atoms with Crippen molar-refractivity contribution in [2.45, 2.75) is 19.8 Å². The Labute approximate surface area is 115 Å². The highest BCUT2D eigenvalue weighted by Gasteiger charge is 2.14. The molecule has 0 aliphatic rings. The number of methoxy groups -OCH3 is 1. The van der Waals surface area contributed by atoms with Gasteiger partial charge in [-0.1, -0.05) is 18.5 Å². The average molecular weight is 286 g/mol. The zero-order valence-corrected chi connectivity index (χ0v) is 11.7. The van der Waals surface area contributed by atoms with Crippen LogP contribution in [-0.2, 0) is 6.42 Å². The lowest BCUT2D eigenvalue weighted by molar-refractivity contribution is 0.414. The number of aryl methyl sites for hydroxylation is 1. The zero-order valence-electron chi connectivity index (χ0n) is 10.2. The van der Waals surface area contributed by atoms with E-state index in [2.05, 4.69) is 17.1 Å². The standard InChI is InChI=1S/C12H13Cl2N3O/c1-3-4-11-15-16-12(14)17(11)10-7-8(18-2)5-6-9(10)13/h5-7H,3-4H2,1-2H3. The van der Waals surface area contributed by atoms with Crippen LogP contribution in [0.25, 0.3) is 5.69 Å². The predicted molar refractivity (Wildman–Crippen MR) is 71.9 cm³/mol. The summed E-state index contributed by atoms with van der Waals surface area (Å²) < 4.78 is 6.94. The van der Waals surface area contributed by atoms with E-state index in [-0.39, 0.29) is 0 Å². The molecule has 0 saturated heterocycles. The lowest BCUT2D eigenvalue weighted by atomic mass is 10.2. The van der Waals surface area contributed by atoms with E-state index in [4.69, 9.17) is 27.9 Å². The molecule has 1 aromatic heterocycles. The molecule has 1 heterocycles. The Bertz CT molecular complexity index is 554. The number of halogens is 2. The van der Waals surface area contributed by atoms with Crippen molar-refractivity contribution in [3.05, 3.63) is 34.3 Å². The molecule has 0 aliphatic carbocycles. The third-order valence-corrected chi connectivity index (χ3v) is 3.12. The van der Waals surface area contributed by atoms with Gasteiger partial charge < -0.3 is 4.74 Å². The molecule has 96 valence electrons. The number of rotatable bonds is 4. The van der Waals surface area contributed by atoms with Crippen molar-refractivity contribution in [2.24, 2.45) is 0 Å². The van der Waals surface area contributed by atoms with Crippen molar-refractivity contribution in [1.29, 1.82) is 0 Å². The highest BCUT2D eigenvalue weighted by molar-refractivity contribution is 6.33. The third kappa shape index (κ3) is 2.44. The van der Waals surface area contributed by atoms with E-state index in [1.54, 1.807) is 23.8 Å². The molecule has 4 nitrogen and oxygen atoms in total. The molecule has 0 fully saturated rings. The fraction of sp³-hybridized carbons (Fsp3) is 0.333. The smallest absolute Gasteiger partial charge is 0.229 e. The maximum atomic E-state index is 6.20. The molecule has 0 spiro atoms. The fourth-order valence-electron chi connectivity index (χ4n) is 1.71. The van der Waals surface area contributed by atoms with Crippen LogP contribution in [0.2, 0.25) is 10.3 Å². The summed E-state index contributed by atoms with van der Waals surface area (Å²) in [6.07, 6.45) is 1.74. The molecule has 1 aromatic carbocycles. The molecule has 0 radical (unpaired) electrons. The molecular formula is C12H13Cl2N3O. The van der Waals surface area contributed by atoms with Crippen LogP contribution >= 0.6 is 23.2 Å². The summed E-state index contributed by atoms with van der Waals surface area (Å²) in [4.78, 5) is 0. The number of nitrogens with zero attached hydrogens (tertiary/aromatic N) is 3. The Hall–Kier alpha value is -1.26. The topological polar surface area (TPSA) is 39.9 Å². The maximum absolute atomic E-state index is 6.20. The van der Waals surface area contributed by atoms with E-state index < -0.39 is 0 Å². The van der Waals surface area contributed by atoms with Crippen molar-refractivity contribution >= 4 is 23.2 Å². The van der Waals surface area contributed by atoms with Gasteiger partial charge in [0.2, 0.25) is 5.28 Å². The van der Waals surface area contributed by atoms with Crippen LogP contribution in [0.4, 0.5) is 0 Å². The van der Waals surface area contributed by atoms with Gasteiger partial charge in [0, 0.05) is 12.5 Å². The van der Waals surface area contributed by atoms with Gasteiger partial charge in [0.25, 0.3) is 0 Å². The second-order valence-corrected chi connectivity index (χ2v) is 4.53. The lowest BCUT2D eigenvalue weighted by Crippen LogP contribution is -2.02. The first kappa shape index (κ1) is 13.2. The summed E-state index contributed by atoms with van der Waals surface area (Å²) in [5.41, 5.74) is 0.731. The molecular weight excluding hydrogens is 273 g/mol. The van der Waals surface area contributed by atoms with Crippen molar-refractivity contribution in [2.75, 3.05) is 7.11 Å². The van der Waals surface area contributed by atoms with Crippen LogP contribution in [0.5, 0.6) is 5.75 Å². The number of benzene rings is 1. The summed E-state index contributed by atoms with van der Waals surface area (Å²) in [6.45, 7) is 2.07. The minimum atomic E-state index is 0.300. The van der Waals surface area contributed by atoms with Crippen LogP contribution in [0.1, 0.15) is 19.2 Å². The quantitative estimate of drug-likeness (QED) is 0.863. The summed E-state index contributed by atoms with van der Waals surface area (Å²) in [5.74, 6) is 1.50. The summed E-state index contributed by atoms with van der Waals surface area (Å²) in [5, 5.41) is 8.83. The van der Waals surface area contributed by atoms with E-state index in [1.807, 2.05) is 6.07 Å². The van der Waals surface area contributed by atoms with Crippen LogP contribution in [0.3, 0.4) is 0 Å². The first-order valence-electron chi connectivity index (χ1n) is 5.61. The Morgan fingerprint density at radius 1 is 1.28 bits per heavy atom. The number of aromatic nitrogens is 3. The Balaban J connectivity index is 2.56. The Kier molecular flexibility index (Phi) is 4.09. The normalized spacial score (nSPS) is 10.7. The average Bonchev–Trinajstić information content (AvgIpc) is 2.72. The van der Waals surface area contributed by atoms with Crippen LogP contribution < -0.4 is 4.74 Å². The Morgan fingerprint density at radius 3 is 2.72 bits per heavy atom. The number of hydrogen-bond acceptors (Lipinski definition) is 3. The zero-order chi connectivity index (χ0) is 13.1. The van der Waals surface area contributed by atoms with E-state index in [0.717, 1.165) is 24.4 Å². The first-order chi connectivity index (χ1) is 8.67. The monoisotopic (exact) mass is 285 g/mol. The van der Waals surface area contributed by atoms with Crippen LogP contribution in [-0.4, -0.2) is 21.9 Å². The second-order valence-electron chi connectivity index (χ2n) is 3.79. The summed E-state index contributed by atoms with van der Waals surface area (Å²) in [6, 6.07) is 5.38. The van der Waals surface area contributed by atoms with E-state index in [9.17, 15) is 0 Å². The molecule has 6 heteroatoms. The summed E-state index contributed by atoms with van der Waals surface area (Å²) >= 11 is 12.3. The molecule has 18 heavy (non-hydrogen) atoms. The largest absolute Gasteiger partial charge is 0.497 e. The van der Waals surface area contributed by atoms with Gasteiger partial charge in [-0.2, -0.15) is 0 Å². The van der Waals surface area contributed by atoms with Crippen molar-refractivity contribution in [3.8, 4) is 11.4 Å². The molecule has 2 aromatic rings. The SMILES string of the molecule is CCCc1nnc(Cl)n1-c1cc(OC)ccc1Cl. The van der Waals surface area contributed by atoms with Gasteiger partial charge in [0.15, 0.2) is 0 Å². The van der Waals surface area contributed by atoms with Crippen LogP contribution in [0, 0.1) is 0 Å². The molecule has 0 amide bonds. The van der Waals surface area contributed by atoms with Gasteiger partial charge in [-0.25, -0.2) is 0 Å². The van der Waals surface area contributed by atoms with Crippen LogP contribution in [0.15, 0.2) is 18.2 Å². The van der Waals surface area contributed by atoms with Gasteiger partial charge in [-0.3, -0.25) is 4.57 Å². The first-order valence-corrected chi connectivity index (χ1v) is 6.36. The minimum absolute atomic E-state index is 0.300. The molecule has 0 atom stereocenters. The molecule has 0 bridgehead atoms. The van der Waals surface area contributed by atoms with E-state index in [1.165, 1.54) is 0 Å². The molecule has 2 rings (SSSR count). The minimum Gasteiger partial charge on any atom is -0.497 e. The maximum Gasteiger partial charge on any atom is 0.229 e. The van der Waals surface area contributed by atoms with Gasteiger partial charge in [-0.15, -0.1) is 10.2 Å². The van der Waals surface area contributed by atoms with E-state index in [0.29, 0.717) is 16.1 Å². The molecule has 0 N–H and O–H groups in total. The number of hydrogen-bond donors (Lipinski definition) is 0. The Morgan fingerprint density at radius 2 is 2.06 bits per heavy atom. The number of ether oxygens (including phenoxy) is 1. The van der Waals surface area contributed by atoms with Gasteiger partial charge in [0.1, 0.15) is 11.6 Å². The van der Waals surface area contributed by atoms with Crippen molar-refractivity contribution < 1.29 is 4.74 Å².